The fourth-order valence-electron chi connectivity index (χ4n) is 2.58. The number of benzene rings is 1. The molecule has 0 aliphatic carbocycles. The van der Waals surface area contributed by atoms with Crippen LogP contribution < -0.4 is 5.32 Å². The molecule has 0 saturated heterocycles. The van der Waals surface area contributed by atoms with E-state index in [1.165, 1.54) is 11.8 Å². The van der Waals surface area contributed by atoms with Crippen LogP contribution in [0.5, 0.6) is 0 Å². The average Bonchev–Trinajstić information content (AvgIpc) is 3.14. The molecule has 3 aromatic rings. The third kappa shape index (κ3) is 5.72. The Hall–Kier alpha value is -3.08. The minimum Gasteiger partial charge on any atom is -0.440 e. The van der Waals surface area contributed by atoms with Gasteiger partial charge in [-0.2, -0.15) is 13.2 Å². The number of hydrogen-bond donors (Lipinski definition) is 1. The lowest BCUT2D eigenvalue weighted by Gasteiger charge is -2.13. The number of hydrogen-bond acceptors (Lipinski definition) is 6. The second kappa shape index (κ2) is 9.61. The number of alkyl carbamates (subject to hydrolysis) is 1. The summed E-state index contributed by atoms with van der Waals surface area (Å²) in [6.07, 6.45) is -2.35. The lowest BCUT2D eigenvalue weighted by Crippen LogP contribution is -2.30. The summed E-state index contributed by atoms with van der Waals surface area (Å²) in [5, 5.41) is 11.4. The number of ether oxygens (including phenoxy) is 1. The first-order valence-electron chi connectivity index (χ1n) is 8.87. The Morgan fingerprint density at radius 1 is 1.17 bits per heavy atom. The van der Waals surface area contributed by atoms with Gasteiger partial charge in [-0.15, -0.1) is 10.2 Å². The predicted octanol–water partition coefficient (Wildman–Crippen LogP) is 4.02. The van der Waals surface area contributed by atoms with Crippen LogP contribution in [0.3, 0.4) is 0 Å². The molecule has 7 nitrogen and oxygen atoms in total. The van der Waals surface area contributed by atoms with Crippen molar-refractivity contribution in [1.82, 2.24) is 25.1 Å². The Kier molecular flexibility index (Phi) is 6.93. The second-order valence-corrected chi connectivity index (χ2v) is 7.19. The van der Waals surface area contributed by atoms with Gasteiger partial charge in [-0.1, -0.05) is 30.0 Å². The van der Waals surface area contributed by atoms with Gasteiger partial charge in [0.05, 0.1) is 5.69 Å². The van der Waals surface area contributed by atoms with Crippen molar-refractivity contribution >= 4 is 17.9 Å². The molecule has 0 aliphatic rings. The third-order valence-electron chi connectivity index (χ3n) is 3.90. The molecule has 1 N–H and O–H groups in total. The van der Waals surface area contributed by atoms with E-state index in [2.05, 4.69) is 25.2 Å². The molecule has 0 spiro atoms. The number of alkyl halides is 3. The number of para-hydroxylation sites is 1. The Balaban J connectivity index is 1.72. The van der Waals surface area contributed by atoms with Crippen molar-refractivity contribution in [3.8, 4) is 17.1 Å². The number of aryl methyl sites for hydroxylation is 1. The molecule has 1 amide bonds. The number of rotatable bonds is 7. The molecule has 0 saturated carbocycles. The molecule has 0 unspecified atom stereocenters. The summed E-state index contributed by atoms with van der Waals surface area (Å²) in [4.78, 5) is 15.4. The summed E-state index contributed by atoms with van der Waals surface area (Å²) < 4.78 is 42.2. The van der Waals surface area contributed by atoms with Gasteiger partial charge in [-0.25, -0.2) is 4.79 Å². The topological polar surface area (TPSA) is 81.9 Å². The second-order valence-electron chi connectivity index (χ2n) is 6.13. The van der Waals surface area contributed by atoms with Gasteiger partial charge in [0.15, 0.2) is 17.6 Å². The van der Waals surface area contributed by atoms with Gasteiger partial charge in [-0.05, 0) is 30.7 Å². The molecule has 158 valence electrons. The van der Waals surface area contributed by atoms with Crippen LogP contribution in [-0.4, -0.2) is 50.9 Å². The molecule has 0 aliphatic heterocycles. The summed E-state index contributed by atoms with van der Waals surface area (Å²) in [7, 11) is 0. The smallest absolute Gasteiger partial charge is 0.422 e. The minimum absolute atomic E-state index is 0.104. The van der Waals surface area contributed by atoms with E-state index in [-0.39, 0.29) is 6.54 Å². The highest BCUT2D eigenvalue weighted by Gasteiger charge is 2.29. The number of thioether (sulfide) groups is 1. The lowest BCUT2D eigenvalue weighted by molar-refractivity contribution is -0.160. The van der Waals surface area contributed by atoms with Gasteiger partial charge in [0, 0.05) is 30.3 Å². The van der Waals surface area contributed by atoms with Crippen molar-refractivity contribution in [1.29, 1.82) is 0 Å². The number of halogens is 3. The number of pyridine rings is 1. The van der Waals surface area contributed by atoms with Crippen LogP contribution >= 0.6 is 11.8 Å². The Morgan fingerprint density at radius 3 is 2.60 bits per heavy atom. The molecular weight excluding hydrogens is 419 g/mol. The first-order valence-corrected chi connectivity index (χ1v) is 9.86. The van der Waals surface area contributed by atoms with Crippen molar-refractivity contribution in [2.75, 3.05) is 18.9 Å². The molecule has 2 aromatic heterocycles. The highest BCUT2D eigenvalue weighted by atomic mass is 32.2. The Bertz CT molecular complexity index is 995. The summed E-state index contributed by atoms with van der Waals surface area (Å²) in [5.41, 5.74) is 2.75. The van der Waals surface area contributed by atoms with Gasteiger partial charge in [0.2, 0.25) is 0 Å². The fourth-order valence-corrected chi connectivity index (χ4v) is 3.38. The van der Waals surface area contributed by atoms with E-state index in [0.29, 0.717) is 16.7 Å². The summed E-state index contributed by atoms with van der Waals surface area (Å²) in [5.74, 6) is 0.994. The molecule has 3 rings (SSSR count). The van der Waals surface area contributed by atoms with Gasteiger partial charge in [-0.3, -0.25) is 9.55 Å². The van der Waals surface area contributed by atoms with E-state index < -0.39 is 18.9 Å². The summed E-state index contributed by atoms with van der Waals surface area (Å²) in [6, 6.07) is 11.4. The largest absolute Gasteiger partial charge is 0.440 e. The predicted molar refractivity (Wildman–Crippen MR) is 105 cm³/mol. The van der Waals surface area contributed by atoms with Gasteiger partial charge in [0.1, 0.15) is 0 Å². The van der Waals surface area contributed by atoms with Crippen LogP contribution in [0, 0.1) is 6.92 Å². The number of nitrogens with zero attached hydrogens (tertiary/aromatic N) is 4. The van der Waals surface area contributed by atoms with Crippen LogP contribution in [0.15, 0.2) is 53.9 Å². The van der Waals surface area contributed by atoms with E-state index in [0.717, 1.165) is 16.8 Å². The number of carbonyl (C=O) groups excluding carboxylic acids is 1. The summed E-state index contributed by atoms with van der Waals surface area (Å²) in [6.45, 7) is 0.452. The Labute approximate surface area is 174 Å². The van der Waals surface area contributed by atoms with E-state index in [1.54, 1.807) is 12.4 Å². The first kappa shape index (κ1) is 21.6. The quantitative estimate of drug-likeness (QED) is 0.444. The monoisotopic (exact) mass is 437 g/mol. The summed E-state index contributed by atoms with van der Waals surface area (Å²) >= 11 is 1.31. The fraction of sp³-hybridized carbons (Fsp3) is 0.263. The SMILES string of the molecule is Cc1ccccc1-n1c(SCCNC(=O)OCC(F)(F)F)nnc1-c1ccncc1. The van der Waals surface area contributed by atoms with E-state index in [1.807, 2.05) is 47.9 Å². The molecule has 0 radical (unpaired) electrons. The molecular formula is C19H18F3N5O2S. The van der Waals surface area contributed by atoms with Crippen molar-refractivity contribution in [2.45, 2.75) is 18.3 Å². The molecule has 2 heterocycles. The maximum absolute atomic E-state index is 12.1. The third-order valence-corrected chi connectivity index (χ3v) is 4.83. The van der Waals surface area contributed by atoms with Crippen LogP contribution in [0.4, 0.5) is 18.0 Å². The molecule has 0 bridgehead atoms. The molecule has 11 heteroatoms. The zero-order valence-electron chi connectivity index (χ0n) is 15.9. The minimum atomic E-state index is -4.56. The maximum Gasteiger partial charge on any atom is 0.422 e. The van der Waals surface area contributed by atoms with Crippen molar-refractivity contribution in [3.63, 3.8) is 0 Å². The number of carbonyl (C=O) groups is 1. The van der Waals surface area contributed by atoms with Crippen LogP contribution in [0.25, 0.3) is 17.1 Å². The van der Waals surface area contributed by atoms with Crippen molar-refractivity contribution in [2.24, 2.45) is 0 Å². The lowest BCUT2D eigenvalue weighted by atomic mass is 10.2. The number of amides is 1. The normalized spacial score (nSPS) is 11.3. The van der Waals surface area contributed by atoms with Gasteiger partial charge < -0.3 is 10.1 Å². The zero-order valence-corrected chi connectivity index (χ0v) is 16.7. The zero-order chi connectivity index (χ0) is 21.6. The molecule has 0 fully saturated rings. The van der Waals surface area contributed by atoms with E-state index >= 15 is 0 Å². The maximum atomic E-state index is 12.1. The van der Waals surface area contributed by atoms with Gasteiger partial charge in [0.25, 0.3) is 0 Å². The highest BCUT2D eigenvalue weighted by molar-refractivity contribution is 7.99. The van der Waals surface area contributed by atoms with Gasteiger partial charge >= 0.3 is 12.3 Å². The first-order chi connectivity index (χ1) is 14.3. The van der Waals surface area contributed by atoms with Crippen molar-refractivity contribution < 1.29 is 22.7 Å². The standard InChI is InChI=1S/C19H18F3N5O2S/c1-13-4-2-3-5-15(13)27-16(14-6-8-23-9-7-14)25-26-17(27)30-11-10-24-18(28)29-12-19(20,21)22/h2-9H,10-12H2,1H3,(H,24,28). The van der Waals surface area contributed by atoms with Crippen molar-refractivity contribution in [3.05, 3.63) is 54.4 Å². The number of aromatic nitrogens is 4. The average molecular weight is 437 g/mol. The van der Waals surface area contributed by atoms with E-state index in [9.17, 15) is 18.0 Å². The van der Waals surface area contributed by atoms with Crippen LogP contribution in [0.1, 0.15) is 5.56 Å². The van der Waals surface area contributed by atoms with Crippen LogP contribution in [0.2, 0.25) is 0 Å². The number of nitrogens with one attached hydrogen (secondary N) is 1. The molecule has 0 atom stereocenters. The van der Waals surface area contributed by atoms with Crippen LogP contribution in [-0.2, 0) is 4.74 Å². The molecule has 30 heavy (non-hydrogen) atoms. The van der Waals surface area contributed by atoms with E-state index in [4.69, 9.17) is 0 Å². The molecule has 1 aromatic carbocycles. The highest BCUT2D eigenvalue weighted by Crippen LogP contribution is 2.29. The Morgan fingerprint density at radius 2 is 1.90 bits per heavy atom.